The van der Waals surface area contributed by atoms with E-state index < -0.39 is 4.92 Å². The third-order valence-corrected chi connectivity index (χ3v) is 7.40. The van der Waals surface area contributed by atoms with Crippen molar-refractivity contribution in [3.8, 4) is 5.69 Å². The molecule has 0 aliphatic heterocycles. The van der Waals surface area contributed by atoms with Crippen LogP contribution >= 0.6 is 23.5 Å². The zero-order chi connectivity index (χ0) is 27.2. The molecule has 4 rings (SSSR count). The molecule has 194 valence electrons. The molecule has 0 bridgehead atoms. The van der Waals surface area contributed by atoms with E-state index in [0.29, 0.717) is 5.16 Å². The lowest BCUT2D eigenvalue weighted by Crippen LogP contribution is -2.19. The highest BCUT2D eigenvalue weighted by Crippen LogP contribution is 2.30. The van der Waals surface area contributed by atoms with Crippen molar-refractivity contribution in [1.29, 1.82) is 0 Å². The van der Waals surface area contributed by atoms with Gasteiger partial charge in [-0.1, -0.05) is 23.5 Å². The SMILES string of the molecule is Cc1cc(C)nc(SCC(=O)N/N=C\c2cc(C)n(-c3ccc(Sc4ccc([N+](=O)[O-])cc4)cc3)c2C)n1. The van der Waals surface area contributed by atoms with Gasteiger partial charge in [0.1, 0.15) is 0 Å². The maximum Gasteiger partial charge on any atom is 0.269 e. The maximum atomic E-state index is 12.2. The molecule has 1 amide bonds. The first-order valence-electron chi connectivity index (χ1n) is 11.7. The average Bonchev–Trinajstić information content (AvgIpc) is 3.15. The maximum absolute atomic E-state index is 12.2. The number of hydrogen-bond acceptors (Lipinski definition) is 8. The minimum atomic E-state index is -0.403. The largest absolute Gasteiger partial charge is 0.318 e. The second kappa shape index (κ2) is 12.1. The highest BCUT2D eigenvalue weighted by molar-refractivity contribution is 7.99. The molecule has 2 aromatic carbocycles. The van der Waals surface area contributed by atoms with Crippen molar-refractivity contribution in [2.75, 3.05) is 5.75 Å². The molecule has 4 aromatic rings. The number of carbonyl (C=O) groups is 1. The number of nitrogens with zero attached hydrogens (tertiary/aromatic N) is 5. The van der Waals surface area contributed by atoms with Crippen LogP contribution in [0.15, 0.2) is 80.7 Å². The molecule has 0 saturated carbocycles. The van der Waals surface area contributed by atoms with E-state index in [4.69, 9.17) is 0 Å². The first-order valence-corrected chi connectivity index (χ1v) is 13.5. The Hall–Kier alpha value is -3.96. The van der Waals surface area contributed by atoms with E-state index in [9.17, 15) is 14.9 Å². The molecule has 0 atom stereocenters. The van der Waals surface area contributed by atoms with Crippen molar-refractivity contribution in [2.24, 2.45) is 5.10 Å². The molecule has 0 unspecified atom stereocenters. The van der Waals surface area contributed by atoms with E-state index in [2.05, 4.69) is 25.1 Å². The number of nitro benzene ring substituents is 1. The lowest BCUT2D eigenvalue weighted by atomic mass is 10.2. The summed E-state index contributed by atoms with van der Waals surface area (Å²) in [5.41, 5.74) is 8.32. The van der Waals surface area contributed by atoms with Crippen LogP contribution in [0.4, 0.5) is 5.69 Å². The summed E-state index contributed by atoms with van der Waals surface area (Å²) in [5, 5.41) is 15.6. The molecule has 0 fully saturated rings. The number of aromatic nitrogens is 3. The third kappa shape index (κ3) is 6.87. The average molecular weight is 547 g/mol. The van der Waals surface area contributed by atoms with Gasteiger partial charge in [0, 0.05) is 56.0 Å². The Bertz CT molecular complexity index is 1480. The summed E-state index contributed by atoms with van der Waals surface area (Å²) in [6.07, 6.45) is 1.65. The lowest BCUT2D eigenvalue weighted by molar-refractivity contribution is -0.384. The number of hydrazone groups is 1. The zero-order valence-corrected chi connectivity index (χ0v) is 23.0. The number of aryl methyl sites for hydroxylation is 3. The van der Waals surface area contributed by atoms with E-state index >= 15 is 0 Å². The van der Waals surface area contributed by atoms with Crippen molar-refractivity contribution in [1.82, 2.24) is 20.0 Å². The molecule has 9 nitrogen and oxygen atoms in total. The fourth-order valence-electron chi connectivity index (χ4n) is 3.85. The molecule has 11 heteroatoms. The molecule has 0 radical (unpaired) electrons. The molecule has 0 saturated heterocycles. The molecule has 2 heterocycles. The number of carbonyl (C=O) groups excluding carboxylic acids is 1. The molecule has 1 N–H and O–H groups in total. The van der Waals surface area contributed by atoms with Crippen molar-refractivity contribution in [2.45, 2.75) is 42.6 Å². The second-order valence-electron chi connectivity index (χ2n) is 8.52. The number of nitro groups is 1. The van der Waals surface area contributed by atoms with Gasteiger partial charge in [0.25, 0.3) is 11.6 Å². The summed E-state index contributed by atoms with van der Waals surface area (Å²) < 4.78 is 2.12. The zero-order valence-electron chi connectivity index (χ0n) is 21.3. The minimum absolute atomic E-state index is 0.0768. The Morgan fingerprint density at radius 1 is 1.00 bits per heavy atom. The van der Waals surface area contributed by atoms with Crippen LogP contribution in [0, 0.1) is 37.8 Å². The van der Waals surface area contributed by atoms with Gasteiger partial charge in [-0.25, -0.2) is 15.4 Å². The van der Waals surface area contributed by atoms with Gasteiger partial charge >= 0.3 is 0 Å². The Morgan fingerprint density at radius 2 is 1.61 bits per heavy atom. The Morgan fingerprint density at radius 3 is 2.21 bits per heavy atom. The number of benzene rings is 2. The van der Waals surface area contributed by atoms with Gasteiger partial charge in [-0.15, -0.1) is 0 Å². The Labute approximate surface area is 228 Å². The summed E-state index contributed by atoms with van der Waals surface area (Å²) in [5.74, 6) is -0.0623. The highest BCUT2D eigenvalue weighted by Gasteiger charge is 2.11. The number of amides is 1. The van der Waals surface area contributed by atoms with Gasteiger partial charge in [0.2, 0.25) is 0 Å². The third-order valence-electron chi connectivity index (χ3n) is 5.54. The fraction of sp³-hybridized carbons (Fsp3) is 0.185. The van der Waals surface area contributed by atoms with E-state index in [0.717, 1.165) is 43.8 Å². The van der Waals surface area contributed by atoms with Gasteiger partial charge in [0.05, 0.1) is 16.9 Å². The number of hydrogen-bond donors (Lipinski definition) is 1. The van der Waals surface area contributed by atoms with E-state index in [1.807, 2.05) is 64.1 Å². The molecule has 2 aromatic heterocycles. The second-order valence-corrected chi connectivity index (χ2v) is 10.6. The number of non-ortho nitro benzene ring substituents is 1. The monoisotopic (exact) mass is 546 g/mol. The molecular formula is C27H26N6O3S2. The normalized spacial score (nSPS) is 11.2. The van der Waals surface area contributed by atoms with Crippen LogP contribution in [0.25, 0.3) is 5.69 Å². The van der Waals surface area contributed by atoms with Gasteiger partial charge in [-0.2, -0.15) is 5.10 Å². The van der Waals surface area contributed by atoms with E-state index in [-0.39, 0.29) is 17.3 Å². The lowest BCUT2D eigenvalue weighted by Gasteiger charge is -2.10. The quantitative estimate of drug-likeness (QED) is 0.0927. The van der Waals surface area contributed by atoms with Crippen LogP contribution in [0.5, 0.6) is 0 Å². The van der Waals surface area contributed by atoms with Gasteiger partial charge in [-0.3, -0.25) is 14.9 Å². The van der Waals surface area contributed by atoms with Crippen molar-refractivity contribution >= 4 is 41.3 Å². The predicted molar refractivity (Wildman–Crippen MR) is 150 cm³/mol. The summed E-state index contributed by atoms with van der Waals surface area (Å²) in [7, 11) is 0. The van der Waals surface area contributed by atoms with Crippen molar-refractivity contribution < 1.29 is 9.72 Å². The highest BCUT2D eigenvalue weighted by atomic mass is 32.2. The smallest absolute Gasteiger partial charge is 0.269 e. The number of rotatable bonds is 9. The summed E-state index contributed by atoms with van der Waals surface area (Å²) in [4.78, 5) is 33.3. The van der Waals surface area contributed by atoms with Crippen LogP contribution in [-0.4, -0.2) is 37.3 Å². The van der Waals surface area contributed by atoms with Crippen LogP contribution in [-0.2, 0) is 4.79 Å². The minimum Gasteiger partial charge on any atom is -0.318 e. The van der Waals surface area contributed by atoms with Crippen LogP contribution < -0.4 is 5.43 Å². The first kappa shape index (κ1) is 27.1. The van der Waals surface area contributed by atoms with Gasteiger partial charge < -0.3 is 4.57 Å². The Kier molecular flexibility index (Phi) is 8.59. The molecule has 0 aliphatic carbocycles. The first-order chi connectivity index (χ1) is 18.2. The summed E-state index contributed by atoms with van der Waals surface area (Å²) in [6, 6.07) is 18.5. The molecule has 38 heavy (non-hydrogen) atoms. The van der Waals surface area contributed by atoms with Gasteiger partial charge in [0.15, 0.2) is 5.16 Å². The van der Waals surface area contributed by atoms with E-state index in [1.54, 1.807) is 30.1 Å². The van der Waals surface area contributed by atoms with Gasteiger partial charge in [-0.05, 0) is 76.2 Å². The van der Waals surface area contributed by atoms with Crippen LogP contribution in [0.3, 0.4) is 0 Å². The topological polar surface area (TPSA) is 115 Å². The number of thioether (sulfide) groups is 1. The number of nitrogens with one attached hydrogen (secondary N) is 1. The van der Waals surface area contributed by atoms with Crippen molar-refractivity contribution in [3.63, 3.8) is 0 Å². The van der Waals surface area contributed by atoms with Crippen molar-refractivity contribution in [3.05, 3.63) is 99.1 Å². The standard InChI is InChI=1S/C27H26N6O3S2/c1-17-13-18(2)30-27(29-17)37-16-26(34)31-28-15-21-14-19(3)32(20(21)4)22-5-9-24(10-6-22)38-25-11-7-23(8-12-25)33(35)36/h5-15H,16H2,1-4H3,(H,31,34)/b28-15-. The Balaban J connectivity index is 1.37. The molecule has 0 aliphatic rings. The molecular weight excluding hydrogens is 520 g/mol. The van der Waals surface area contributed by atoms with E-state index in [1.165, 1.54) is 23.9 Å². The van der Waals surface area contributed by atoms with Crippen LogP contribution in [0.1, 0.15) is 28.3 Å². The van der Waals surface area contributed by atoms with Crippen LogP contribution in [0.2, 0.25) is 0 Å². The summed E-state index contributed by atoms with van der Waals surface area (Å²) >= 11 is 2.81. The molecule has 0 spiro atoms. The summed E-state index contributed by atoms with van der Waals surface area (Å²) in [6.45, 7) is 7.81. The fourth-order valence-corrected chi connectivity index (χ4v) is 5.40. The predicted octanol–water partition coefficient (Wildman–Crippen LogP) is 5.80.